The van der Waals surface area contributed by atoms with Crippen molar-refractivity contribution in [2.75, 3.05) is 32.7 Å². The van der Waals surface area contributed by atoms with E-state index in [1.807, 2.05) is 42.2 Å². The molecule has 120 valence electrons. The molecular formula is C17H25N3O2. The number of rotatable bonds is 5. The van der Waals surface area contributed by atoms with Gasteiger partial charge in [-0.15, -0.1) is 0 Å². The minimum atomic E-state index is 0.0668. The van der Waals surface area contributed by atoms with Crippen molar-refractivity contribution in [2.24, 2.45) is 0 Å². The lowest BCUT2D eigenvalue weighted by Gasteiger charge is -2.34. The Morgan fingerprint density at radius 1 is 1.14 bits per heavy atom. The summed E-state index contributed by atoms with van der Waals surface area (Å²) in [7, 11) is 0. The second-order valence-electron chi connectivity index (χ2n) is 5.81. The summed E-state index contributed by atoms with van der Waals surface area (Å²) in [6.45, 7) is 7.30. The van der Waals surface area contributed by atoms with Crippen LogP contribution in [0.15, 0.2) is 30.3 Å². The Hall–Kier alpha value is -1.88. The molecule has 1 aliphatic rings. The molecule has 2 amide bonds. The van der Waals surface area contributed by atoms with Gasteiger partial charge in [0.25, 0.3) is 5.91 Å². The second kappa shape index (κ2) is 7.94. The number of amides is 2. The van der Waals surface area contributed by atoms with Gasteiger partial charge in [0.1, 0.15) is 0 Å². The van der Waals surface area contributed by atoms with Gasteiger partial charge in [0.15, 0.2) is 0 Å². The number of nitrogens with zero attached hydrogens (tertiary/aromatic N) is 2. The SMILES string of the molecule is CC[C@@H](C)NC(=O)CN1CCN(C(=O)c2ccccc2)CC1. The van der Waals surface area contributed by atoms with E-state index < -0.39 is 0 Å². The maximum Gasteiger partial charge on any atom is 0.253 e. The first-order chi connectivity index (χ1) is 10.6. The minimum absolute atomic E-state index is 0.0668. The van der Waals surface area contributed by atoms with Gasteiger partial charge in [-0.1, -0.05) is 25.1 Å². The van der Waals surface area contributed by atoms with Gasteiger partial charge < -0.3 is 10.2 Å². The molecule has 0 saturated carbocycles. The first-order valence-electron chi connectivity index (χ1n) is 7.96. The molecule has 1 saturated heterocycles. The minimum Gasteiger partial charge on any atom is -0.353 e. The predicted molar refractivity (Wildman–Crippen MR) is 86.7 cm³/mol. The normalized spacial score (nSPS) is 17.1. The molecule has 1 fully saturated rings. The standard InChI is InChI=1S/C17H25N3O2/c1-3-14(2)18-16(21)13-19-9-11-20(12-10-19)17(22)15-7-5-4-6-8-15/h4-8,14H,3,9-13H2,1-2H3,(H,18,21)/t14-/m1/s1. The maximum atomic E-state index is 12.3. The van der Waals surface area contributed by atoms with Gasteiger partial charge in [-0.2, -0.15) is 0 Å². The Balaban J connectivity index is 1.78. The van der Waals surface area contributed by atoms with Crippen molar-refractivity contribution < 1.29 is 9.59 Å². The van der Waals surface area contributed by atoms with E-state index in [9.17, 15) is 9.59 Å². The van der Waals surface area contributed by atoms with Crippen molar-refractivity contribution >= 4 is 11.8 Å². The molecule has 0 aliphatic carbocycles. The number of benzene rings is 1. The van der Waals surface area contributed by atoms with E-state index in [1.165, 1.54) is 0 Å². The van der Waals surface area contributed by atoms with Crippen LogP contribution >= 0.6 is 0 Å². The number of hydrogen-bond donors (Lipinski definition) is 1. The van der Waals surface area contributed by atoms with Gasteiger partial charge in [-0.25, -0.2) is 0 Å². The Morgan fingerprint density at radius 3 is 2.36 bits per heavy atom. The lowest BCUT2D eigenvalue weighted by Crippen LogP contribution is -2.51. The Morgan fingerprint density at radius 2 is 1.77 bits per heavy atom. The molecule has 1 heterocycles. The maximum absolute atomic E-state index is 12.3. The largest absolute Gasteiger partial charge is 0.353 e. The van der Waals surface area contributed by atoms with Crippen molar-refractivity contribution in [1.29, 1.82) is 0 Å². The zero-order valence-electron chi connectivity index (χ0n) is 13.4. The number of carbonyl (C=O) groups is 2. The van der Waals surface area contributed by atoms with Crippen LogP contribution in [0.25, 0.3) is 0 Å². The third-order valence-corrected chi connectivity index (χ3v) is 4.07. The molecule has 22 heavy (non-hydrogen) atoms. The molecule has 1 aromatic carbocycles. The van der Waals surface area contributed by atoms with E-state index in [1.54, 1.807) is 0 Å². The molecule has 0 unspecified atom stereocenters. The summed E-state index contributed by atoms with van der Waals surface area (Å²) in [4.78, 5) is 28.2. The van der Waals surface area contributed by atoms with Crippen molar-refractivity contribution in [3.8, 4) is 0 Å². The van der Waals surface area contributed by atoms with Crippen molar-refractivity contribution in [3.05, 3.63) is 35.9 Å². The fourth-order valence-electron chi connectivity index (χ4n) is 2.50. The molecular weight excluding hydrogens is 278 g/mol. The molecule has 0 aromatic heterocycles. The van der Waals surface area contributed by atoms with Gasteiger partial charge in [0.05, 0.1) is 6.54 Å². The van der Waals surface area contributed by atoms with Gasteiger partial charge in [-0.3, -0.25) is 14.5 Å². The molecule has 5 nitrogen and oxygen atoms in total. The smallest absolute Gasteiger partial charge is 0.253 e. The first-order valence-corrected chi connectivity index (χ1v) is 7.96. The highest BCUT2D eigenvalue weighted by molar-refractivity contribution is 5.94. The Kier molecular flexibility index (Phi) is 5.95. The summed E-state index contributed by atoms with van der Waals surface area (Å²) in [5.41, 5.74) is 0.727. The molecule has 1 aromatic rings. The van der Waals surface area contributed by atoms with E-state index >= 15 is 0 Å². The molecule has 2 rings (SSSR count). The molecule has 0 bridgehead atoms. The second-order valence-corrected chi connectivity index (χ2v) is 5.81. The van der Waals surface area contributed by atoms with E-state index in [2.05, 4.69) is 17.1 Å². The molecule has 1 atom stereocenters. The summed E-state index contributed by atoms with van der Waals surface area (Å²) in [6.07, 6.45) is 0.936. The predicted octanol–water partition coefficient (Wildman–Crippen LogP) is 1.36. The molecule has 0 spiro atoms. The highest BCUT2D eigenvalue weighted by Crippen LogP contribution is 2.08. The third-order valence-electron chi connectivity index (χ3n) is 4.07. The zero-order valence-corrected chi connectivity index (χ0v) is 13.4. The highest BCUT2D eigenvalue weighted by Gasteiger charge is 2.23. The van der Waals surface area contributed by atoms with Crippen LogP contribution in [-0.2, 0) is 4.79 Å². The van der Waals surface area contributed by atoms with Crippen LogP contribution < -0.4 is 5.32 Å². The van der Waals surface area contributed by atoms with E-state index in [-0.39, 0.29) is 17.9 Å². The average molecular weight is 303 g/mol. The van der Waals surface area contributed by atoms with Gasteiger partial charge in [0, 0.05) is 37.8 Å². The fourth-order valence-corrected chi connectivity index (χ4v) is 2.50. The third kappa shape index (κ3) is 4.56. The topological polar surface area (TPSA) is 52.7 Å². The summed E-state index contributed by atoms with van der Waals surface area (Å²) < 4.78 is 0. The van der Waals surface area contributed by atoms with Crippen molar-refractivity contribution in [2.45, 2.75) is 26.3 Å². The van der Waals surface area contributed by atoms with Crippen molar-refractivity contribution in [1.82, 2.24) is 15.1 Å². The number of piperazine rings is 1. The van der Waals surface area contributed by atoms with Crippen LogP contribution in [0.4, 0.5) is 0 Å². The number of nitrogens with one attached hydrogen (secondary N) is 1. The highest BCUT2D eigenvalue weighted by atomic mass is 16.2. The summed E-state index contributed by atoms with van der Waals surface area (Å²) in [6, 6.07) is 9.56. The van der Waals surface area contributed by atoms with Crippen molar-refractivity contribution in [3.63, 3.8) is 0 Å². The van der Waals surface area contributed by atoms with Crippen LogP contribution in [0.3, 0.4) is 0 Å². The zero-order chi connectivity index (χ0) is 15.9. The number of carbonyl (C=O) groups excluding carboxylic acids is 2. The monoisotopic (exact) mass is 303 g/mol. The summed E-state index contributed by atoms with van der Waals surface area (Å²) in [5, 5.41) is 2.98. The average Bonchev–Trinajstić information content (AvgIpc) is 2.55. The Bertz CT molecular complexity index is 496. The quantitative estimate of drug-likeness (QED) is 0.893. The van der Waals surface area contributed by atoms with Crippen LogP contribution in [0.1, 0.15) is 30.6 Å². The van der Waals surface area contributed by atoms with Crippen LogP contribution in [0.2, 0.25) is 0 Å². The molecule has 0 radical (unpaired) electrons. The lowest BCUT2D eigenvalue weighted by atomic mass is 10.2. The van der Waals surface area contributed by atoms with Crippen LogP contribution in [-0.4, -0.2) is 60.4 Å². The summed E-state index contributed by atoms with van der Waals surface area (Å²) in [5.74, 6) is 0.140. The van der Waals surface area contributed by atoms with E-state index in [0.29, 0.717) is 19.6 Å². The summed E-state index contributed by atoms with van der Waals surface area (Å²) >= 11 is 0. The first kappa shape index (κ1) is 16.5. The van der Waals surface area contributed by atoms with Gasteiger partial charge in [-0.05, 0) is 25.5 Å². The van der Waals surface area contributed by atoms with E-state index in [0.717, 1.165) is 25.1 Å². The Labute approximate surface area is 132 Å². The molecule has 5 heteroatoms. The van der Waals surface area contributed by atoms with Gasteiger partial charge >= 0.3 is 0 Å². The lowest BCUT2D eigenvalue weighted by molar-refractivity contribution is -0.123. The number of hydrogen-bond acceptors (Lipinski definition) is 3. The van der Waals surface area contributed by atoms with Crippen LogP contribution in [0.5, 0.6) is 0 Å². The molecule has 1 N–H and O–H groups in total. The fraction of sp³-hybridized carbons (Fsp3) is 0.529. The molecule has 1 aliphatic heterocycles. The van der Waals surface area contributed by atoms with Gasteiger partial charge in [0.2, 0.25) is 5.91 Å². The van der Waals surface area contributed by atoms with Crippen LogP contribution in [0, 0.1) is 0 Å². The van der Waals surface area contributed by atoms with E-state index in [4.69, 9.17) is 0 Å².